The third-order valence-electron chi connectivity index (χ3n) is 4.28. The van der Waals surface area contributed by atoms with Crippen molar-refractivity contribution < 1.29 is 28.2 Å². The lowest BCUT2D eigenvalue weighted by Crippen LogP contribution is -2.27. The predicted octanol–water partition coefficient (Wildman–Crippen LogP) is 5.40. The minimum absolute atomic E-state index is 0.255. The van der Waals surface area contributed by atoms with E-state index >= 15 is 0 Å². The molecule has 8 nitrogen and oxygen atoms in total. The smallest absolute Gasteiger partial charge is 0.412 e. The average Bonchev–Trinajstić information content (AvgIpc) is 2.70. The van der Waals surface area contributed by atoms with Gasteiger partial charge in [-0.05, 0) is 52.0 Å². The monoisotopic (exact) mass is 473 g/mol. The number of hydrogen-bond donors (Lipinski definition) is 1. The van der Waals surface area contributed by atoms with Gasteiger partial charge in [0.05, 0.1) is 11.6 Å². The standard InChI is InChI=1S/C24H24ClNO7/c1-5-30-22(28)13-31-15-7-9-17-18(12-21(27)32-20(17)11-15)16-8-6-14(10-19(16)25)26-23(29)33-24(2,3)4/h6-12H,5,13H2,1-4H3,(H,26,29). The normalized spacial score (nSPS) is 11.2. The van der Waals surface area contributed by atoms with Crippen LogP contribution >= 0.6 is 11.6 Å². The van der Waals surface area contributed by atoms with E-state index in [1.54, 1.807) is 58.0 Å². The Morgan fingerprint density at radius 2 is 1.82 bits per heavy atom. The number of carbonyl (C=O) groups is 2. The fourth-order valence-corrected chi connectivity index (χ4v) is 3.32. The molecule has 1 aromatic heterocycles. The van der Waals surface area contributed by atoms with Gasteiger partial charge in [0, 0.05) is 34.3 Å². The molecule has 2 aromatic carbocycles. The average molecular weight is 474 g/mol. The van der Waals surface area contributed by atoms with Gasteiger partial charge in [-0.3, -0.25) is 5.32 Å². The number of rotatable bonds is 6. The van der Waals surface area contributed by atoms with Crippen molar-refractivity contribution in [2.75, 3.05) is 18.5 Å². The number of esters is 1. The zero-order valence-corrected chi connectivity index (χ0v) is 19.4. The molecule has 1 heterocycles. The summed E-state index contributed by atoms with van der Waals surface area (Å²) in [5.41, 5.74) is 0.623. The summed E-state index contributed by atoms with van der Waals surface area (Å²) in [5, 5.41) is 3.56. The molecule has 33 heavy (non-hydrogen) atoms. The lowest BCUT2D eigenvalue weighted by Gasteiger charge is -2.20. The third-order valence-corrected chi connectivity index (χ3v) is 4.60. The van der Waals surface area contributed by atoms with Crippen LogP contribution in [0.25, 0.3) is 22.1 Å². The van der Waals surface area contributed by atoms with Crippen molar-refractivity contribution in [1.82, 2.24) is 0 Å². The minimum atomic E-state index is -0.635. The molecule has 0 aliphatic rings. The Morgan fingerprint density at radius 3 is 2.48 bits per heavy atom. The largest absolute Gasteiger partial charge is 0.482 e. The maximum atomic E-state index is 12.2. The number of ether oxygens (including phenoxy) is 3. The van der Waals surface area contributed by atoms with Crippen molar-refractivity contribution in [2.45, 2.75) is 33.3 Å². The number of fused-ring (bicyclic) bond motifs is 1. The molecular weight excluding hydrogens is 450 g/mol. The molecular formula is C24H24ClNO7. The van der Waals surface area contributed by atoms with E-state index in [1.165, 1.54) is 12.1 Å². The second-order valence-corrected chi connectivity index (χ2v) is 8.46. The Labute approximate surface area is 195 Å². The van der Waals surface area contributed by atoms with Crippen LogP contribution in [0, 0.1) is 0 Å². The van der Waals surface area contributed by atoms with E-state index in [1.807, 2.05) is 0 Å². The van der Waals surface area contributed by atoms with Crippen LogP contribution < -0.4 is 15.7 Å². The topological polar surface area (TPSA) is 104 Å². The van der Waals surface area contributed by atoms with Gasteiger partial charge in [-0.1, -0.05) is 17.7 Å². The number of hydrogen-bond acceptors (Lipinski definition) is 7. The van der Waals surface area contributed by atoms with Crippen LogP contribution in [0.4, 0.5) is 10.5 Å². The highest BCUT2D eigenvalue weighted by Crippen LogP contribution is 2.35. The second kappa shape index (κ2) is 9.95. The quantitative estimate of drug-likeness (QED) is 0.377. The number of benzene rings is 2. The highest BCUT2D eigenvalue weighted by Gasteiger charge is 2.17. The van der Waals surface area contributed by atoms with Gasteiger partial charge in [-0.2, -0.15) is 0 Å². The van der Waals surface area contributed by atoms with Crippen molar-refractivity contribution in [3.8, 4) is 16.9 Å². The van der Waals surface area contributed by atoms with E-state index in [0.29, 0.717) is 33.0 Å². The zero-order valence-electron chi connectivity index (χ0n) is 18.7. The highest BCUT2D eigenvalue weighted by atomic mass is 35.5. The molecule has 0 spiro atoms. The van der Waals surface area contributed by atoms with Crippen molar-refractivity contribution in [2.24, 2.45) is 0 Å². The van der Waals surface area contributed by atoms with Crippen LogP contribution in [-0.2, 0) is 14.3 Å². The zero-order chi connectivity index (χ0) is 24.2. The van der Waals surface area contributed by atoms with Crippen molar-refractivity contribution >= 4 is 40.3 Å². The van der Waals surface area contributed by atoms with E-state index in [4.69, 9.17) is 30.2 Å². The van der Waals surface area contributed by atoms with E-state index in [2.05, 4.69) is 5.32 Å². The molecule has 0 aliphatic carbocycles. The molecule has 9 heteroatoms. The van der Waals surface area contributed by atoms with Gasteiger partial charge < -0.3 is 18.6 Å². The molecule has 1 N–H and O–H groups in total. The molecule has 0 unspecified atom stereocenters. The van der Waals surface area contributed by atoms with E-state index in [0.717, 1.165) is 0 Å². The number of halogens is 1. The molecule has 3 rings (SSSR count). The van der Waals surface area contributed by atoms with Crippen molar-refractivity contribution in [1.29, 1.82) is 0 Å². The van der Waals surface area contributed by atoms with Crippen molar-refractivity contribution in [3.63, 3.8) is 0 Å². The van der Waals surface area contributed by atoms with Crippen LogP contribution in [0.5, 0.6) is 5.75 Å². The van der Waals surface area contributed by atoms with Gasteiger partial charge in [-0.25, -0.2) is 14.4 Å². The van der Waals surface area contributed by atoms with Gasteiger partial charge in [0.25, 0.3) is 0 Å². The Balaban J connectivity index is 1.89. The van der Waals surface area contributed by atoms with Gasteiger partial charge in [-0.15, -0.1) is 0 Å². The highest BCUT2D eigenvalue weighted by molar-refractivity contribution is 6.34. The minimum Gasteiger partial charge on any atom is -0.482 e. The Kier molecular flexibility index (Phi) is 7.28. The van der Waals surface area contributed by atoms with Crippen LogP contribution in [0.3, 0.4) is 0 Å². The summed E-state index contributed by atoms with van der Waals surface area (Å²) in [4.78, 5) is 35.7. The Morgan fingerprint density at radius 1 is 1.06 bits per heavy atom. The van der Waals surface area contributed by atoms with Gasteiger partial charge in [0.1, 0.15) is 16.9 Å². The van der Waals surface area contributed by atoms with Crippen LogP contribution in [0.2, 0.25) is 5.02 Å². The summed E-state index contributed by atoms with van der Waals surface area (Å²) >= 11 is 6.48. The van der Waals surface area contributed by atoms with Gasteiger partial charge >= 0.3 is 17.7 Å². The van der Waals surface area contributed by atoms with Crippen LogP contribution in [0.15, 0.2) is 51.7 Å². The maximum Gasteiger partial charge on any atom is 0.412 e. The number of nitrogens with one attached hydrogen (secondary N) is 1. The predicted molar refractivity (Wildman–Crippen MR) is 125 cm³/mol. The summed E-state index contributed by atoms with van der Waals surface area (Å²) in [7, 11) is 0. The molecule has 0 fully saturated rings. The first kappa shape index (κ1) is 24.1. The lowest BCUT2D eigenvalue weighted by molar-refractivity contribution is -0.145. The van der Waals surface area contributed by atoms with E-state index in [-0.39, 0.29) is 18.8 Å². The Hall–Kier alpha value is -3.52. The van der Waals surface area contributed by atoms with Gasteiger partial charge in [0.15, 0.2) is 6.61 Å². The molecule has 0 atom stereocenters. The first-order chi connectivity index (χ1) is 15.6. The molecule has 0 saturated heterocycles. The SMILES string of the molecule is CCOC(=O)COc1ccc2c(-c3ccc(NC(=O)OC(C)(C)C)cc3Cl)cc(=O)oc2c1. The first-order valence-electron chi connectivity index (χ1n) is 10.2. The second-order valence-electron chi connectivity index (χ2n) is 8.05. The first-order valence-corrected chi connectivity index (χ1v) is 10.6. The Bertz CT molecular complexity index is 1240. The maximum absolute atomic E-state index is 12.2. The number of anilines is 1. The molecule has 0 saturated carbocycles. The molecule has 0 bridgehead atoms. The summed E-state index contributed by atoms with van der Waals surface area (Å²) < 4.78 is 20.8. The molecule has 174 valence electrons. The number of amides is 1. The third kappa shape index (κ3) is 6.49. The molecule has 0 radical (unpaired) electrons. The summed E-state index contributed by atoms with van der Waals surface area (Å²) in [5.74, 6) is -0.154. The fraction of sp³-hybridized carbons (Fsp3) is 0.292. The summed E-state index contributed by atoms with van der Waals surface area (Å²) in [6, 6.07) is 11.1. The van der Waals surface area contributed by atoms with Crippen LogP contribution in [-0.4, -0.2) is 30.9 Å². The molecule has 0 aliphatic heterocycles. The van der Waals surface area contributed by atoms with Crippen LogP contribution in [0.1, 0.15) is 27.7 Å². The molecule has 1 amide bonds. The fourth-order valence-electron chi connectivity index (χ4n) is 3.03. The van der Waals surface area contributed by atoms with E-state index in [9.17, 15) is 14.4 Å². The number of carbonyl (C=O) groups excluding carboxylic acids is 2. The summed E-state index contributed by atoms with van der Waals surface area (Å²) in [6.07, 6.45) is -0.604. The lowest BCUT2D eigenvalue weighted by atomic mass is 10.0. The van der Waals surface area contributed by atoms with Crippen molar-refractivity contribution in [3.05, 3.63) is 57.9 Å². The van der Waals surface area contributed by atoms with Gasteiger partial charge in [0.2, 0.25) is 0 Å². The van der Waals surface area contributed by atoms with E-state index < -0.39 is 23.3 Å². The summed E-state index contributed by atoms with van der Waals surface area (Å²) in [6.45, 7) is 6.99. The molecule has 3 aromatic rings.